The van der Waals surface area contributed by atoms with Crippen molar-refractivity contribution in [2.75, 3.05) is 12.4 Å². The zero-order valence-corrected chi connectivity index (χ0v) is 12.8. The number of hydrogen-bond acceptors (Lipinski definition) is 3. The summed E-state index contributed by atoms with van der Waals surface area (Å²) in [7, 11) is 0. The summed E-state index contributed by atoms with van der Waals surface area (Å²) in [6.45, 7) is 2.65. The number of halogens is 1. The molecule has 19 heavy (non-hydrogen) atoms. The number of rotatable bonds is 6. The van der Waals surface area contributed by atoms with Gasteiger partial charge in [0, 0.05) is 17.3 Å². The van der Waals surface area contributed by atoms with E-state index in [1.165, 1.54) is 0 Å². The number of thioether (sulfide) groups is 1. The van der Waals surface area contributed by atoms with Gasteiger partial charge in [0.1, 0.15) is 0 Å². The van der Waals surface area contributed by atoms with E-state index in [-0.39, 0.29) is 5.60 Å². The Balaban J connectivity index is 1.96. The van der Waals surface area contributed by atoms with Gasteiger partial charge in [0.05, 0.1) is 16.7 Å². The van der Waals surface area contributed by atoms with Gasteiger partial charge in [-0.2, -0.15) is 0 Å². The topological polar surface area (TPSA) is 29.5 Å². The summed E-state index contributed by atoms with van der Waals surface area (Å²) >= 11 is 7.73. The van der Waals surface area contributed by atoms with Crippen molar-refractivity contribution in [3.05, 3.63) is 29.3 Å². The molecule has 1 fully saturated rings. The van der Waals surface area contributed by atoms with Crippen molar-refractivity contribution in [3.63, 3.8) is 0 Å². The molecule has 1 aliphatic rings. The summed E-state index contributed by atoms with van der Waals surface area (Å²) in [6.07, 6.45) is 3.79. The van der Waals surface area contributed by atoms with Crippen molar-refractivity contribution in [2.24, 2.45) is 0 Å². The molecule has 1 N–H and O–H groups in total. The lowest BCUT2D eigenvalue weighted by Gasteiger charge is -2.34. The van der Waals surface area contributed by atoms with E-state index in [4.69, 9.17) is 16.3 Å². The van der Waals surface area contributed by atoms with Crippen LogP contribution in [-0.2, 0) is 4.74 Å². The third-order valence-electron chi connectivity index (χ3n) is 3.72. The Labute approximate surface area is 124 Å². The summed E-state index contributed by atoms with van der Waals surface area (Å²) in [5.41, 5.74) is -0.330. The smallest absolute Gasteiger partial charge is 0.0948 e. The lowest BCUT2D eigenvalue weighted by Crippen LogP contribution is -2.44. The molecule has 0 spiro atoms. The van der Waals surface area contributed by atoms with E-state index in [2.05, 4.69) is 0 Å². The Morgan fingerprint density at radius 3 is 2.68 bits per heavy atom. The van der Waals surface area contributed by atoms with Crippen molar-refractivity contribution in [2.45, 2.75) is 49.2 Å². The van der Waals surface area contributed by atoms with Crippen LogP contribution in [0.2, 0.25) is 5.02 Å². The van der Waals surface area contributed by atoms with Crippen LogP contribution >= 0.6 is 23.4 Å². The summed E-state index contributed by atoms with van der Waals surface area (Å²) in [5, 5.41) is 11.2. The maximum atomic E-state index is 10.5. The molecule has 1 unspecified atom stereocenters. The van der Waals surface area contributed by atoms with Crippen LogP contribution in [0.3, 0.4) is 0 Å². The van der Waals surface area contributed by atoms with Gasteiger partial charge >= 0.3 is 0 Å². The standard InChI is InChI=1S/C15H21ClO2S/c1-2-18-15(9-5-6-10-15)14(17)11-19-13-8-4-3-7-12(13)16/h3-4,7-8,14,17H,2,5-6,9-11H2,1H3. The molecule has 0 radical (unpaired) electrons. The average molecular weight is 301 g/mol. The predicted octanol–water partition coefficient (Wildman–Crippen LogP) is 4.14. The van der Waals surface area contributed by atoms with Gasteiger partial charge in [-0.15, -0.1) is 11.8 Å². The van der Waals surface area contributed by atoms with Crippen LogP contribution in [-0.4, -0.2) is 29.2 Å². The van der Waals surface area contributed by atoms with Crippen molar-refractivity contribution in [3.8, 4) is 0 Å². The number of aliphatic hydroxyl groups is 1. The molecule has 0 saturated heterocycles. The number of ether oxygens (including phenoxy) is 1. The molecule has 1 aromatic carbocycles. The van der Waals surface area contributed by atoms with E-state index in [0.717, 1.165) is 35.6 Å². The van der Waals surface area contributed by atoms with Gasteiger partial charge in [0.15, 0.2) is 0 Å². The van der Waals surface area contributed by atoms with E-state index < -0.39 is 6.10 Å². The molecule has 1 aliphatic carbocycles. The SMILES string of the molecule is CCOC1(C(O)CSc2ccccc2Cl)CCCC1. The highest BCUT2D eigenvalue weighted by atomic mass is 35.5. The molecule has 0 bridgehead atoms. The summed E-state index contributed by atoms with van der Waals surface area (Å²) < 4.78 is 5.87. The van der Waals surface area contributed by atoms with Gasteiger partial charge in [-0.05, 0) is 31.9 Å². The Bertz CT molecular complexity index is 405. The molecule has 0 amide bonds. The highest BCUT2D eigenvalue weighted by Gasteiger charge is 2.41. The van der Waals surface area contributed by atoms with E-state index in [1.54, 1.807) is 11.8 Å². The number of benzene rings is 1. The molecular weight excluding hydrogens is 280 g/mol. The Hall–Kier alpha value is -0.220. The fraction of sp³-hybridized carbons (Fsp3) is 0.600. The third-order valence-corrected chi connectivity index (χ3v) is 5.31. The molecule has 106 valence electrons. The minimum Gasteiger partial charge on any atom is -0.389 e. The highest BCUT2D eigenvalue weighted by Crippen LogP contribution is 2.38. The fourth-order valence-electron chi connectivity index (χ4n) is 2.72. The van der Waals surface area contributed by atoms with Crippen LogP contribution in [0.4, 0.5) is 0 Å². The van der Waals surface area contributed by atoms with Gasteiger partial charge in [0.25, 0.3) is 0 Å². The van der Waals surface area contributed by atoms with Crippen LogP contribution in [0.25, 0.3) is 0 Å². The minimum atomic E-state index is -0.434. The normalized spacial score (nSPS) is 19.5. The quantitative estimate of drug-likeness (QED) is 0.801. The molecule has 0 heterocycles. The second-order valence-electron chi connectivity index (χ2n) is 4.96. The van der Waals surface area contributed by atoms with Gasteiger partial charge in [0.2, 0.25) is 0 Å². The first-order chi connectivity index (χ1) is 9.18. The lowest BCUT2D eigenvalue weighted by molar-refractivity contribution is -0.107. The van der Waals surface area contributed by atoms with Crippen molar-refractivity contribution in [1.29, 1.82) is 0 Å². The van der Waals surface area contributed by atoms with Gasteiger partial charge in [-0.25, -0.2) is 0 Å². The molecule has 2 nitrogen and oxygen atoms in total. The molecule has 1 aromatic rings. The van der Waals surface area contributed by atoms with E-state index >= 15 is 0 Å². The Morgan fingerprint density at radius 2 is 2.05 bits per heavy atom. The zero-order chi connectivity index (χ0) is 13.7. The number of hydrogen-bond donors (Lipinski definition) is 1. The van der Waals surface area contributed by atoms with Crippen molar-refractivity contribution >= 4 is 23.4 Å². The summed E-state index contributed by atoms with van der Waals surface area (Å²) in [4.78, 5) is 1.02. The monoisotopic (exact) mass is 300 g/mol. The molecule has 0 aliphatic heterocycles. The number of aliphatic hydroxyl groups excluding tert-OH is 1. The largest absolute Gasteiger partial charge is 0.389 e. The van der Waals surface area contributed by atoms with E-state index in [0.29, 0.717) is 12.4 Å². The maximum Gasteiger partial charge on any atom is 0.0948 e. The molecule has 2 rings (SSSR count). The second-order valence-corrected chi connectivity index (χ2v) is 6.43. The van der Waals surface area contributed by atoms with Crippen LogP contribution < -0.4 is 0 Å². The molecular formula is C15H21ClO2S. The fourth-order valence-corrected chi connectivity index (χ4v) is 4.04. The van der Waals surface area contributed by atoms with Crippen LogP contribution in [0, 0.1) is 0 Å². The van der Waals surface area contributed by atoms with Gasteiger partial charge < -0.3 is 9.84 Å². The first-order valence-electron chi connectivity index (χ1n) is 6.87. The third kappa shape index (κ3) is 3.66. The van der Waals surface area contributed by atoms with Crippen LogP contribution in [0.5, 0.6) is 0 Å². The van der Waals surface area contributed by atoms with Crippen LogP contribution in [0.15, 0.2) is 29.2 Å². The van der Waals surface area contributed by atoms with Gasteiger partial charge in [-0.1, -0.05) is 36.6 Å². The van der Waals surface area contributed by atoms with Gasteiger partial charge in [-0.3, -0.25) is 0 Å². The molecule has 1 atom stereocenters. The van der Waals surface area contributed by atoms with Crippen LogP contribution in [0.1, 0.15) is 32.6 Å². The first kappa shape index (κ1) is 15.2. The minimum absolute atomic E-state index is 0.330. The van der Waals surface area contributed by atoms with E-state index in [9.17, 15) is 5.11 Å². The van der Waals surface area contributed by atoms with Crippen molar-refractivity contribution < 1.29 is 9.84 Å². The van der Waals surface area contributed by atoms with E-state index in [1.807, 2.05) is 31.2 Å². The predicted molar refractivity (Wildman–Crippen MR) is 81.0 cm³/mol. The highest BCUT2D eigenvalue weighted by molar-refractivity contribution is 7.99. The summed E-state index contributed by atoms with van der Waals surface area (Å²) in [5.74, 6) is 0.629. The van der Waals surface area contributed by atoms with Crippen molar-refractivity contribution in [1.82, 2.24) is 0 Å². The second kappa shape index (κ2) is 6.98. The average Bonchev–Trinajstić information content (AvgIpc) is 2.88. The zero-order valence-electron chi connectivity index (χ0n) is 11.3. The Morgan fingerprint density at radius 1 is 1.37 bits per heavy atom. The molecule has 4 heteroatoms. The molecule has 1 saturated carbocycles. The summed E-state index contributed by atoms with van der Waals surface area (Å²) in [6, 6.07) is 7.75. The first-order valence-corrected chi connectivity index (χ1v) is 8.23. The Kier molecular flexibility index (Phi) is 5.58. The molecule has 0 aromatic heterocycles. The maximum absolute atomic E-state index is 10.5. The lowest BCUT2D eigenvalue weighted by atomic mass is 9.95.